The lowest BCUT2D eigenvalue weighted by atomic mass is 9.86. The van der Waals surface area contributed by atoms with E-state index in [0.717, 1.165) is 11.1 Å². The summed E-state index contributed by atoms with van der Waals surface area (Å²) in [5.74, 6) is -0.703. The van der Waals surface area contributed by atoms with Crippen LogP contribution in [0.1, 0.15) is 65.0 Å². The number of carbonyl (C=O) groups is 2. The van der Waals surface area contributed by atoms with Crippen molar-refractivity contribution in [2.75, 3.05) is 13.2 Å². The Morgan fingerprint density at radius 1 is 1.08 bits per heavy atom. The predicted molar refractivity (Wildman–Crippen MR) is 136 cm³/mol. The van der Waals surface area contributed by atoms with Crippen molar-refractivity contribution in [3.05, 3.63) is 83.0 Å². The molecule has 0 spiro atoms. The highest BCUT2D eigenvalue weighted by Crippen LogP contribution is 2.34. The number of aromatic nitrogens is 3. The molecule has 37 heavy (non-hydrogen) atoms. The van der Waals surface area contributed by atoms with Gasteiger partial charge in [0.1, 0.15) is 17.6 Å². The molecule has 2 aromatic carbocycles. The van der Waals surface area contributed by atoms with Crippen molar-refractivity contribution < 1.29 is 23.5 Å². The van der Waals surface area contributed by atoms with Crippen molar-refractivity contribution in [1.29, 1.82) is 0 Å². The van der Waals surface area contributed by atoms with Gasteiger partial charge in [-0.1, -0.05) is 51.1 Å². The third-order valence-electron chi connectivity index (χ3n) is 5.93. The van der Waals surface area contributed by atoms with Crippen LogP contribution in [0.2, 0.25) is 0 Å². The zero-order valence-corrected chi connectivity index (χ0v) is 21.2. The summed E-state index contributed by atoms with van der Waals surface area (Å²) in [4.78, 5) is 30.3. The van der Waals surface area contributed by atoms with E-state index in [0.29, 0.717) is 17.7 Å². The monoisotopic (exact) mass is 507 g/mol. The minimum atomic E-state index is -0.667. The maximum Gasteiger partial charge on any atom is 0.273 e. The fourth-order valence-corrected chi connectivity index (χ4v) is 4.03. The van der Waals surface area contributed by atoms with Gasteiger partial charge in [-0.15, -0.1) is 0 Å². The summed E-state index contributed by atoms with van der Waals surface area (Å²) in [6.45, 7) is 7.65. The quantitative estimate of drug-likeness (QED) is 0.334. The zero-order chi connectivity index (χ0) is 26.7. The molecule has 2 heterocycles. The Morgan fingerprint density at radius 2 is 1.78 bits per heavy atom. The van der Waals surface area contributed by atoms with Crippen LogP contribution in [0.15, 0.2) is 52.9 Å². The number of nitrogens with one attached hydrogen (secondary N) is 2. The Balaban J connectivity index is 1.65. The maximum absolute atomic E-state index is 13.6. The largest absolute Gasteiger partial charge is 0.443 e. The lowest BCUT2D eigenvalue weighted by Gasteiger charge is -2.28. The van der Waals surface area contributed by atoms with Gasteiger partial charge in [0.25, 0.3) is 11.8 Å². The van der Waals surface area contributed by atoms with E-state index < -0.39 is 23.3 Å². The van der Waals surface area contributed by atoms with E-state index in [-0.39, 0.29) is 36.2 Å². The van der Waals surface area contributed by atoms with Crippen LogP contribution in [-0.4, -0.2) is 44.8 Å². The fourth-order valence-electron chi connectivity index (χ4n) is 4.03. The molecule has 2 aromatic heterocycles. The summed E-state index contributed by atoms with van der Waals surface area (Å²) in [6.07, 6.45) is 0. The molecule has 2 amide bonds. The van der Waals surface area contributed by atoms with Gasteiger partial charge in [-0.25, -0.2) is 9.37 Å². The Kier molecular flexibility index (Phi) is 7.40. The summed E-state index contributed by atoms with van der Waals surface area (Å²) in [7, 11) is 0. The van der Waals surface area contributed by atoms with E-state index in [1.165, 1.54) is 12.1 Å². The molecule has 1 atom stereocenters. The van der Waals surface area contributed by atoms with Gasteiger partial charge in [0.15, 0.2) is 11.4 Å². The van der Waals surface area contributed by atoms with E-state index in [4.69, 9.17) is 9.52 Å². The second kappa shape index (κ2) is 10.5. The average Bonchev–Trinajstić information content (AvgIpc) is 3.42. The number of aryl methyl sites for hydroxylation is 1. The number of rotatable bonds is 8. The molecule has 0 radical (unpaired) electrons. The first kappa shape index (κ1) is 26.0. The van der Waals surface area contributed by atoms with Gasteiger partial charge in [-0.05, 0) is 36.1 Å². The van der Waals surface area contributed by atoms with Crippen LogP contribution in [0.3, 0.4) is 0 Å². The summed E-state index contributed by atoms with van der Waals surface area (Å²) >= 11 is 0. The van der Waals surface area contributed by atoms with Crippen molar-refractivity contribution in [2.24, 2.45) is 5.41 Å². The molecule has 4 aromatic rings. The molecule has 3 N–H and O–H groups in total. The number of aliphatic hydroxyl groups excluding tert-OH is 1. The Morgan fingerprint density at radius 3 is 2.46 bits per heavy atom. The van der Waals surface area contributed by atoms with Gasteiger partial charge in [-0.3, -0.25) is 14.3 Å². The van der Waals surface area contributed by atoms with Gasteiger partial charge < -0.3 is 20.2 Å². The van der Waals surface area contributed by atoms with Crippen LogP contribution in [0, 0.1) is 18.2 Å². The van der Waals surface area contributed by atoms with E-state index in [1.807, 2.05) is 45.0 Å². The molecular formula is C27H30FN5O4. The highest BCUT2D eigenvalue weighted by Gasteiger charge is 2.34. The van der Waals surface area contributed by atoms with Crippen LogP contribution in [0.4, 0.5) is 4.39 Å². The molecule has 0 aliphatic heterocycles. The molecule has 0 fully saturated rings. The van der Waals surface area contributed by atoms with E-state index in [1.54, 1.807) is 23.7 Å². The molecule has 194 valence electrons. The van der Waals surface area contributed by atoms with Crippen LogP contribution < -0.4 is 10.6 Å². The standard InChI is InChI=1S/C27H30FN5O4/c1-16-21(24(35)29-13-14-34)30-26(37-16)23(27(2,3)4)31-25(36)22-19-7-5-6-8-20(19)33(32-22)15-17-9-11-18(28)12-10-17/h5-12,23,34H,13-15H2,1-4H3,(H,29,35)(H,31,36)/t23-/m1/s1. The maximum atomic E-state index is 13.6. The van der Waals surface area contributed by atoms with Crippen LogP contribution in [-0.2, 0) is 6.54 Å². The smallest absolute Gasteiger partial charge is 0.273 e. The Labute approximate surface area is 213 Å². The SMILES string of the molecule is Cc1oc([C@@H](NC(=O)c2nn(Cc3ccc(F)cc3)c3ccccc23)C(C)(C)C)nc1C(=O)NCCO. The number of nitrogens with zero attached hydrogens (tertiary/aromatic N) is 3. The minimum Gasteiger partial charge on any atom is -0.443 e. The Hall–Kier alpha value is -4.05. The topological polar surface area (TPSA) is 122 Å². The molecule has 0 bridgehead atoms. The van der Waals surface area contributed by atoms with Crippen LogP contribution in [0.25, 0.3) is 10.9 Å². The zero-order valence-electron chi connectivity index (χ0n) is 21.2. The summed E-state index contributed by atoms with van der Waals surface area (Å²) in [5.41, 5.74) is 1.42. The number of benzene rings is 2. The first-order valence-electron chi connectivity index (χ1n) is 12.0. The lowest BCUT2D eigenvalue weighted by molar-refractivity contribution is 0.0880. The van der Waals surface area contributed by atoms with Crippen molar-refractivity contribution in [3.63, 3.8) is 0 Å². The van der Waals surface area contributed by atoms with E-state index in [9.17, 15) is 14.0 Å². The van der Waals surface area contributed by atoms with E-state index >= 15 is 0 Å². The second-order valence-corrected chi connectivity index (χ2v) is 9.86. The number of fused-ring (bicyclic) bond motifs is 1. The number of carbonyl (C=O) groups excluding carboxylic acids is 2. The van der Waals surface area contributed by atoms with Gasteiger partial charge in [0, 0.05) is 11.9 Å². The first-order valence-corrected chi connectivity index (χ1v) is 12.0. The van der Waals surface area contributed by atoms with Gasteiger partial charge in [-0.2, -0.15) is 5.10 Å². The normalized spacial score (nSPS) is 12.5. The minimum absolute atomic E-state index is 0.0908. The van der Waals surface area contributed by atoms with Crippen molar-refractivity contribution in [3.8, 4) is 0 Å². The summed E-state index contributed by atoms with van der Waals surface area (Å²) < 4.78 is 20.9. The highest BCUT2D eigenvalue weighted by molar-refractivity contribution is 6.05. The molecule has 9 nitrogen and oxygen atoms in total. The van der Waals surface area contributed by atoms with Crippen molar-refractivity contribution in [1.82, 2.24) is 25.4 Å². The number of hydrogen-bond acceptors (Lipinski definition) is 6. The molecule has 10 heteroatoms. The number of halogens is 1. The molecular weight excluding hydrogens is 477 g/mol. The van der Waals surface area contributed by atoms with Crippen LogP contribution in [0.5, 0.6) is 0 Å². The predicted octanol–water partition coefficient (Wildman–Crippen LogP) is 3.76. The van der Waals surface area contributed by atoms with E-state index in [2.05, 4.69) is 20.7 Å². The number of amides is 2. The average molecular weight is 508 g/mol. The third kappa shape index (κ3) is 5.69. The highest BCUT2D eigenvalue weighted by atomic mass is 19.1. The first-order chi connectivity index (χ1) is 17.6. The molecule has 0 saturated carbocycles. The van der Waals surface area contributed by atoms with Crippen molar-refractivity contribution in [2.45, 2.75) is 40.3 Å². The van der Waals surface area contributed by atoms with Gasteiger partial charge >= 0.3 is 0 Å². The second-order valence-electron chi connectivity index (χ2n) is 9.86. The summed E-state index contributed by atoms with van der Waals surface area (Å²) in [5, 5.41) is 19.8. The fraction of sp³-hybridized carbons (Fsp3) is 0.333. The number of aliphatic hydroxyl groups is 1. The van der Waals surface area contributed by atoms with Crippen LogP contribution >= 0.6 is 0 Å². The number of oxazole rings is 1. The lowest BCUT2D eigenvalue weighted by Crippen LogP contribution is -2.37. The van der Waals surface area contributed by atoms with Crippen molar-refractivity contribution >= 4 is 22.7 Å². The molecule has 0 aliphatic rings. The van der Waals surface area contributed by atoms with Gasteiger partial charge in [0.05, 0.1) is 18.7 Å². The van der Waals surface area contributed by atoms with Gasteiger partial charge in [0.2, 0.25) is 5.89 Å². The number of para-hydroxylation sites is 1. The molecule has 0 aliphatic carbocycles. The number of hydrogen-bond donors (Lipinski definition) is 3. The third-order valence-corrected chi connectivity index (χ3v) is 5.93. The Bertz CT molecular complexity index is 1420. The molecule has 0 saturated heterocycles. The molecule has 4 rings (SSSR count). The summed E-state index contributed by atoms with van der Waals surface area (Å²) in [6, 6.07) is 12.9. The molecule has 0 unspecified atom stereocenters.